The Balaban J connectivity index is 2.61. The number of hydrogen-bond donors (Lipinski definition) is 1. The molecule has 0 heterocycles. The van der Waals surface area contributed by atoms with Crippen molar-refractivity contribution >= 4 is 11.6 Å². The van der Waals surface area contributed by atoms with Crippen molar-refractivity contribution in [1.82, 2.24) is 4.90 Å². The van der Waals surface area contributed by atoms with Gasteiger partial charge in [-0.05, 0) is 36.8 Å². The Morgan fingerprint density at radius 2 is 1.55 bits per heavy atom. The zero-order valence-electron chi connectivity index (χ0n) is 14.7. The molecule has 0 unspecified atom stereocenters. The van der Waals surface area contributed by atoms with Gasteiger partial charge in [0.05, 0.1) is 0 Å². The Labute approximate surface area is 136 Å². The van der Waals surface area contributed by atoms with E-state index < -0.39 is 0 Å². The van der Waals surface area contributed by atoms with Crippen LogP contribution in [0.1, 0.15) is 58.1 Å². The number of nitrogens with zero attached hydrogens (tertiary/aromatic N) is 1. The molecule has 1 aromatic rings. The second-order valence-electron chi connectivity index (χ2n) is 5.72. The molecule has 0 aliphatic rings. The third kappa shape index (κ3) is 5.36. The molecule has 1 amide bonds. The highest BCUT2D eigenvalue weighted by atomic mass is 16.2. The number of aryl methyl sites for hydroxylation is 2. The Bertz CT molecular complexity index is 428. The minimum atomic E-state index is 0.267. The van der Waals surface area contributed by atoms with Crippen LogP contribution < -0.4 is 5.32 Å². The first-order valence-electron chi connectivity index (χ1n) is 8.80. The first-order chi connectivity index (χ1) is 10.7. The van der Waals surface area contributed by atoms with Crippen LogP contribution in [0.4, 0.5) is 5.69 Å². The molecule has 1 N–H and O–H groups in total. The average molecular weight is 304 g/mol. The van der Waals surface area contributed by atoms with E-state index in [9.17, 15) is 4.79 Å². The van der Waals surface area contributed by atoms with Gasteiger partial charge in [-0.15, -0.1) is 0 Å². The summed E-state index contributed by atoms with van der Waals surface area (Å²) in [5, 5.41) is 3.51. The van der Waals surface area contributed by atoms with E-state index in [2.05, 4.69) is 51.2 Å². The van der Waals surface area contributed by atoms with Crippen molar-refractivity contribution < 1.29 is 4.79 Å². The van der Waals surface area contributed by atoms with Gasteiger partial charge >= 0.3 is 0 Å². The summed E-state index contributed by atoms with van der Waals surface area (Å²) in [6.45, 7) is 11.1. The number of nitrogens with one attached hydrogen (secondary N) is 1. The Hall–Kier alpha value is -1.51. The predicted molar refractivity (Wildman–Crippen MR) is 95.5 cm³/mol. The quantitative estimate of drug-likeness (QED) is 0.700. The first kappa shape index (κ1) is 18.5. The van der Waals surface area contributed by atoms with Crippen LogP contribution in [0.3, 0.4) is 0 Å². The zero-order valence-corrected chi connectivity index (χ0v) is 14.7. The number of anilines is 1. The molecule has 1 rings (SSSR count). The Morgan fingerprint density at radius 1 is 1.00 bits per heavy atom. The summed E-state index contributed by atoms with van der Waals surface area (Å²) in [4.78, 5) is 14.3. The highest BCUT2D eigenvalue weighted by Gasteiger charge is 2.12. The van der Waals surface area contributed by atoms with Crippen LogP contribution in [0.2, 0.25) is 0 Å². The maximum atomic E-state index is 12.3. The van der Waals surface area contributed by atoms with Crippen molar-refractivity contribution in [2.24, 2.45) is 0 Å². The van der Waals surface area contributed by atoms with Crippen LogP contribution in [0.15, 0.2) is 18.2 Å². The normalized spacial score (nSPS) is 10.5. The number of hydrogen-bond acceptors (Lipinski definition) is 2. The number of rotatable bonds is 10. The molecule has 0 aliphatic heterocycles. The lowest BCUT2D eigenvalue weighted by Gasteiger charge is -2.22. The van der Waals surface area contributed by atoms with Gasteiger partial charge in [-0.1, -0.05) is 45.9 Å². The molecule has 0 aliphatic carbocycles. The largest absolute Gasteiger partial charge is 0.384 e. The summed E-state index contributed by atoms with van der Waals surface area (Å²) in [5.74, 6) is 0.267. The highest BCUT2D eigenvalue weighted by Crippen LogP contribution is 2.22. The van der Waals surface area contributed by atoms with Crippen LogP contribution in [-0.4, -0.2) is 30.4 Å². The molecule has 0 saturated heterocycles. The van der Waals surface area contributed by atoms with Crippen LogP contribution in [0, 0.1) is 0 Å². The van der Waals surface area contributed by atoms with Crippen molar-refractivity contribution in [3.05, 3.63) is 29.3 Å². The topological polar surface area (TPSA) is 32.3 Å². The molecule has 0 aromatic heterocycles. The highest BCUT2D eigenvalue weighted by molar-refractivity contribution is 5.76. The van der Waals surface area contributed by atoms with Gasteiger partial charge in [0.15, 0.2) is 0 Å². The fourth-order valence-corrected chi connectivity index (χ4v) is 2.82. The lowest BCUT2D eigenvalue weighted by Crippen LogP contribution is -2.33. The molecule has 22 heavy (non-hydrogen) atoms. The minimum Gasteiger partial charge on any atom is -0.384 e. The molecule has 0 bridgehead atoms. The molecule has 124 valence electrons. The Morgan fingerprint density at radius 3 is 2.00 bits per heavy atom. The van der Waals surface area contributed by atoms with Crippen molar-refractivity contribution in [3.63, 3.8) is 0 Å². The molecule has 0 radical (unpaired) electrons. The van der Waals surface area contributed by atoms with E-state index in [1.807, 2.05) is 4.90 Å². The van der Waals surface area contributed by atoms with Gasteiger partial charge in [0.25, 0.3) is 0 Å². The van der Waals surface area contributed by atoms with E-state index in [0.29, 0.717) is 13.0 Å². The standard InChI is InChI=1S/C19H32N2O/c1-5-14-21(15-6-2)18(22)12-13-20-19-16(7-3)10-9-11-17(19)8-4/h9-11,20H,5-8,12-15H2,1-4H3. The molecule has 0 saturated carbocycles. The maximum absolute atomic E-state index is 12.3. The summed E-state index contributed by atoms with van der Waals surface area (Å²) in [5.41, 5.74) is 3.91. The zero-order chi connectivity index (χ0) is 16.4. The van der Waals surface area contributed by atoms with E-state index in [-0.39, 0.29) is 5.91 Å². The fourth-order valence-electron chi connectivity index (χ4n) is 2.82. The molecule has 3 heteroatoms. The number of carbonyl (C=O) groups is 1. The SMILES string of the molecule is CCCN(CCC)C(=O)CCNc1c(CC)cccc1CC. The van der Waals surface area contributed by atoms with E-state index in [1.54, 1.807) is 0 Å². The van der Waals surface area contributed by atoms with E-state index in [1.165, 1.54) is 16.8 Å². The summed E-state index contributed by atoms with van der Waals surface area (Å²) in [6, 6.07) is 6.46. The third-order valence-electron chi connectivity index (χ3n) is 3.98. The predicted octanol–water partition coefficient (Wildman–Crippen LogP) is 4.26. The smallest absolute Gasteiger partial charge is 0.224 e. The summed E-state index contributed by atoms with van der Waals surface area (Å²) >= 11 is 0. The van der Waals surface area contributed by atoms with E-state index in [0.717, 1.165) is 38.8 Å². The second-order valence-corrected chi connectivity index (χ2v) is 5.72. The lowest BCUT2D eigenvalue weighted by molar-refractivity contribution is -0.131. The van der Waals surface area contributed by atoms with Gasteiger partial charge in [-0.25, -0.2) is 0 Å². The van der Waals surface area contributed by atoms with Crippen molar-refractivity contribution in [1.29, 1.82) is 0 Å². The number of para-hydroxylation sites is 1. The third-order valence-corrected chi connectivity index (χ3v) is 3.98. The average Bonchev–Trinajstić information content (AvgIpc) is 2.54. The summed E-state index contributed by atoms with van der Waals surface area (Å²) in [7, 11) is 0. The van der Waals surface area contributed by atoms with Gasteiger partial charge in [0.2, 0.25) is 5.91 Å². The van der Waals surface area contributed by atoms with Crippen LogP contribution in [0.25, 0.3) is 0 Å². The molecule has 0 fully saturated rings. The van der Waals surface area contributed by atoms with Gasteiger partial charge < -0.3 is 10.2 Å². The van der Waals surface area contributed by atoms with Gasteiger partial charge in [-0.2, -0.15) is 0 Å². The van der Waals surface area contributed by atoms with Crippen LogP contribution in [-0.2, 0) is 17.6 Å². The molecule has 3 nitrogen and oxygen atoms in total. The van der Waals surface area contributed by atoms with Crippen LogP contribution in [0.5, 0.6) is 0 Å². The molecule has 0 spiro atoms. The first-order valence-corrected chi connectivity index (χ1v) is 8.80. The monoisotopic (exact) mass is 304 g/mol. The summed E-state index contributed by atoms with van der Waals surface area (Å²) < 4.78 is 0. The molecular weight excluding hydrogens is 272 g/mol. The minimum absolute atomic E-state index is 0.267. The van der Waals surface area contributed by atoms with Gasteiger partial charge in [0, 0.05) is 31.7 Å². The fraction of sp³-hybridized carbons (Fsp3) is 0.632. The Kier molecular flexibility index (Phi) is 8.64. The maximum Gasteiger partial charge on any atom is 0.224 e. The van der Waals surface area contributed by atoms with E-state index in [4.69, 9.17) is 0 Å². The molecule has 1 aromatic carbocycles. The molecule has 0 atom stereocenters. The van der Waals surface area contributed by atoms with Crippen molar-refractivity contribution in [2.75, 3.05) is 25.0 Å². The molecular formula is C19H32N2O. The van der Waals surface area contributed by atoms with Crippen LogP contribution >= 0.6 is 0 Å². The van der Waals surface area contributed by atoms with Crippen molar-refractivity contribution in [3.8, 4) is 0 Å². The number of amides is 1. The summed E-state index contributed by atoms with van der Waals surface area (Å²) in [6.07, 6.45) is 4.65. The number of benzene rings is 1. The lowest BCUT2D eigenvalue weighted by atomic mass is 10.0. The number of carbonyl (C=O) groups excluding carboxylic acids is 1. The van der Waals surface area contributed by atoms with Gasteiger partial charge in [-0.3, -0.25) is 4.79 Å². The van der Waals surface area contributed by atoms with Crippen molar-refractivity contribution in [2.45, 2.75) is 59.8 Å². The van der Waals surface area contributed by atoms with E-state index >= 15 is 0 Å². The van der Waals surface area contributed by atoms with Gasteiger partial charge in [0.1, 0.15) is 0 Å². The second kappa shape index (κ2) is 10.3.